The molecule has 0 rings (SSSR count). The SMILES string of the molecule is O=S(=O)(O)O.O=S(=O)(O)O.[MgH2].[Mn]. The molecule has 4 N–H and O–H groups in total. The van der Waals surface area contributed by atoms with Crippen LogP contribution in [0.3, 0.4) is 0 Å². The molecule has 0 bridgehead atoms. The van der Waals surface area contributed by atoms with Gasteiger partial charge in [-0.1, -0.05) is 0 Å². The maximum atomic E-state index is 8.74. The van der Waals surface area contributed by atoms with Crippen molar-refractivity contribution >= 4 is 43.9 Å². The zero-order chi connectivity index (χ0) is 9.00. The number of rotatable bonds is 0. The Hall–Kier alpha value is 1.03. The van der Waals surface area contributed by atoms with Gasteiger partial charge in [-0.2, -0.15) is 16.8 Å². The molecule has 0 spiro atoms. The first kappa shape index (κ1) is 23.1. The van der Waals surface area contributed by atoms with Gasteiger partial charge in [-0.05, 0) is 0 Å². The Labute approximate surface area is 95.5 Å². The summed E-state index contributed by atoms with van der Waals surface area (Å²) in [6.45, 7) is 0. The van der Waals surface area contributed by atoms with Crippen molar-refractivity contribution in [3.05, 3.63) is 0 Å². The number of hydrogen-bond acceptors (Lipinski definition) is 4. The van der Waals surface area contributed by atoms with Crippen LogP contribution in [0.2, 0.25) is 0 Å². The van der Waals surface area contributed by atoms with Crippen molar-refractivity contribution in [1.29, 1.82) is 0 Å². The van der Waals surface area contributed by atoms with Gasteiger partial charge >= 0.3 is 43.9 Å². The quantitative estimate of drug-likeness (QED) is 0.287. The van der Waals surface area contributed by atoms with Gasteiger partial charge in [0.2, 0.25) is 0 Å². The van der Waals surface area contributed by atoms with Crippen LogP contribution in [0.25, 0.3) is 0 Å². The molecule has 0 saturated carbocycles. The van der Waals surface area contributed by atoms with Gasteiger partial charge in [0.25, 0.3) is 0 Å². The molecule has 0 amide bonds. The van der Waals surface area contributed by atoms with Crippen LogP contribution >= 0.6 is 0 Å². The molecule has 0 aliphatic heterocycles. The summed E-state index contributed by atoms with van der Waals surface area (Å²) in [7, 11) is -9.33. The predicted octanol–water partition coefficient (Wildman–Crippen LogP) is -2.22. The molecule has 12 heavy (non-hydrogen) atoms. The summed E-state index contributed by atoms with van der Waals surface area (Å²) in [6, 6.07) is 0. The molecule has 0 saturated heterocycles. The molecule has 75 valence electrons. The van der Waals surface area contributed by atoms with Gasteiger partial charge in [-0.15, -0.1) is 0 Å². The molecule has 0 aromatic rings. The van der Waals surface area contributed by atoms with E-state index in [1.54, 1.807) is 0 Å². The zero-order valence-electron chi connectivity index (χ0n) is 4.62. The maximum Gasteiger partial charge on any atom is 0.394 e. The Balaban J connectivity index is -0.0000000457. The van der Waals surface area contributed by atoms with Gasteiger partial charge in [0.15, 0.2) is 0 Å². The Morgan fingerprint density at radius 2 is 0.667 bits per heavy atom. The van der Waals surface area contributed by atoms with Crippen LogP contribution in [0.15, 0.2) is 0 Å². The maximum absolute atomic E-state index is 8.74. The Bertz CT molecular complexity index is 213. The van der Waals surface area contributed by atoms with Crippen molar-refractivity contribution in [2.24, 2.45) is 0 Å². The van der Waals surface area contributed by atoms with Gasteiger partial charge in [0, 0.05) is 17.1 Å². The van der Waals surface area contributed by atoms with Crippen LogP contribution in [0.5, 0.6) is 0 Å². The van der Waals surface area contributed by atoms with Crippen molar-refractivity contribution in [2.75, 3.05) is 0 Å². The van der Waals surface area contributed by atoms with E-state index in [-0.39, 0.29) is 40.1 Å². The zero-order valence-corrected chi connectivity index (χ0v) is 7.43. The van der Waals surface area contributed by atoms with Crippen molar-refractivity contribution in [3.63, 3.8) is 0 Å². The molecule has 0 aliphatic carbocycles. The minimum atomic E-state index is -4.67. The molecule has 0 fully saturated rings. The second kappa shape index (κ2) is 8.62. The van der Waals surface area contributed by atoms with E-state index in [0.717, 1.165) is 0 Å². The minimum absolute atomic E-state index is 0. The van der Waals surface area contributed by atoms with E-state index >= 15 is 0 Å². The second-order valence-corrected chi connectivity index (χ2v) is 2.69. The molecular weight excluding hydrogens is 271 g/mol. The van der Waals surface area contributed by atoms with Gasteiger partial charge in [-0.25, -0.2) is 0 Å². The van der Waals surface area contributed by atoms with Gasteiger partial charge in [0.1, 0.15) is 0 Å². The third-order valence-corrected chi connectivity index (χ3v) is 0. The fourth-order valence-electron chi connectivity index (χ4n) is 0. The summed E-state index contributed by atoms with van der Waals surface area (Å²) in [5.41, 5.74) is 0. The van der Waals surface area contributed by atoms with Crippen LogP contribution in [0, 0.1) is 0 Å². The standard InChI is InChI=1S/Mg.Mn.2H2O4S.2H/c;;2*1-5(2,3)4;;/h;;2*(H2,1,2,3,4);;. The Kier molecular flexibility index (Phi) is 16.6. The minimum Gasteiger partial charge on any atom is -0.264 e. The van der Waals surface area contributed by atoms with Crippen LogP contribution in [-0.4, -0.2) is 58.1 Å². The third-order valence-electron chi connectivity index (χ3n) is 0. The normalized spacial score (nSPS) is 9.67. The van der Waals surface area contributed by atoms with Crippen molar-refractivity contribution < 1.29 is 52.1 Å². The molecule has 12 heteroatoms. The molecule has 0 atom stereocenters. The summed E-state index contributed by atoms with van der Waals surface area (Å²) in [4.78, 5) is 0. The monoisotopic (exact) mass is 277 g/mol. The van der Waals surface area contributed by atoms with E-state index in [1.807, 2.05) is 0 Å². The van der Waals surface area contributed by atoms with Crippen LogP contribution in [0.4, 0.5) is 0 Å². The second-order valence-electron chi connectivity index (χ2n) is 0.896. The first-order valence-electron chi connectivity index (χ1n) is 1.40. The van der Waals surface area contributed by atoms with E-state index in [0.29, 0.717) is 0 Å². The first-order valence-corrected chi connectivity index (χ1v) is 4.19. The average molecular weight is 277 g/mol. The molecule has 1 radical (unpaired) electrons. The van der Waals surface area contributed by atoms with Gasteiger partial charge in [0.05, 0.1) is 0 Å². The summed E-state index contributed by atoms with van der Waals surface area (Å²) < 4.78 is 63.2. The van der Waals surface area contributed by atoms with Crippen molar-refractivity contribution in [1.82, 2.24) is 0 Å². The predicted molar refractivity (Wildman–Crippen MR) is 36.9 cm³/mol. The fraction of sp³-hybridized carbons (Fsp3) is 0. The van der Waals surface area contributed by atoms with E-state index < -0.39 is 20.8 Å². The average Bonchev–Trinajstić information content (AvgIpc) is 1.12. The molecule has 0 aromatic carbocycles. The first-order chi connectivity index (χ1) is 4.00. The summed E-state index contributed by atoms with van der Waals surface area (Å²) in [5, 5.41) is 0. The number of hydrogen-bond donors (Lipinski definition) is 4. The van der Waals surface area contributed by atoms with Crippen molar-refractivity contribution in [3.8, 4) is 0 Å². The Morgan fingerprint density at radius 3 is 0.667 bits per heavy atom. The van der Waals surface area contributed by atoms with E-state index in [9.17, 15) is 0 Å². The smallest absolute Gasteiger partial charge is 0.264 e. The molecule has 0 unspecified atom stereocenters. The van der Waals surface area contributed by atoms with Gasteiger partial charge < -0.3 is 0 Å². The Morgan fingerprint density at radius 1 is 0.667 bits per heavy atom. The molecule has 0 aliphatic rings. The summed E-state index contributed by atoms with van der Waals surface area (Å²) in [5.74, 6) is 0. The molecule has 8 nitrogen and oxygen atoms in total. The summed E-state index contributed by atoms with van der Waals surface area (Å²) in [6.07, 6.45) is 0. The molecule has 0 heterocycles. The fourth-order valence-corrected chi connectivity index (χ4v) is 0. The van der Waals surface area contributed by atoms with Crippen LogP contribution in [-0.2, 0) is 37.9 Å². The van der Waals surface area contributed by atoms with Crippen molar-refractivity contribution in [2.45, 2.75) is 0 Å². The van der Waals surface area contributed by atoms with E-state index in [1.165, 1.54) is 0 Å². The largest absolute Gasteiger partial charge is 0.394 e. The third kappa shape index (κ3) is 1050. The van der Waals surface area contributed by atoms with Crippen LogP contribution < -0.4 is 0 Å². The molecular formula is H6MgMnO8S2. The summed E-state index contributed by atoms with van der Waals surface area (Å²) >= 11 is 0. The van der Waals surface area contributed by atoms with E-state index in [2.05, 4.69) is 0 Å². The van der Waals surface area contributed by atoms with Crippen LogP contribution in [0.1, 0.15) is 0 Å². The molecule has 0 aromatic heterocycles. The van der Waals surface area contributed by atoms with Gasteiger partial charge in [-0.3, -0.25) is 18.2 Å². The van der Waals surface area contributed by atoms with E-state index in [4.69, 9.17) is 35.0 Å². The topological polar surface area (TPSA) is 149 Å².